The second-order valence-corrected chi connectivity index (χ2v) is 7.85. The molecule has 2 heterocycles. The molecule has 0 saturated carbocycles. The Morgan fingerprint density at radius 2 is 1.65 bits per heavy atom. The number of halogens is 1. The predicted octanol–water partition coefficient (Wildman–Crippen LogP) is 2.95. The number of benzene rings is 2. The molecule has 2 saturated heterocycles. The molecule has 6 nitrogen and oxygen atoms in total. The molecule has 2 aliphatic heterocycles. The standard InChI is InChI=1S/C24H32FN5O/c1-2-26-24(30-13-11-28(12-14-30)22-9-7-21(25)8-10-22)27-19-20-5-3-4-6-23(20)29-15-17-31-18-16-29/h3-10H,2,11-19H2,1H3,(H,26,27). The molecule has 166 valence electrons. The van der Waals surface area contributed by atoms with Gasteiger partial charge in [-0.05, 0) is 42.8 Å². The summed E-state index contributed by atoms with van der Waals surface area (Å²) in [6, 6.07) is 15.3. The van der Waals surface area contributed by atoms with Gasteiger partial charge in [0.15, 0.2) is 5.96 Å². The number of hydrogen-bond acceptors (Lipinski definition) is 4. The lowest BCUT2D eigenvalue weighted by molar-refractivity contribution is 0.122. The van der Waals surface area contributed by atoms with E-state index in [1.165, 1.54) is 23.4 Å². The second-order valence-electron chi connectivity index (χ2n) is 7.85. The van der Waals surface area contributed by atoms with Crippen molar-refractivity contribution in [3.8, 4) is 0 Å². The molecular weight excluding hydrogens is 393 g/mol. The van der Waals surface area contributed by atoms with Crippen LogP contribution in [0.15, 0.2) is 53.5 Å². The van der Waals surface area contributed by atoms with Crippen LogP contribution in [0.25, 0.3) is 0 Å². The summed E-state index contributed by atoms with van der Waals surface area (Å²) in [7, 11) is 0. The Kier molecular flexibility index (Phi) is 7.25. The van der Waals surface area contributed by atoms with Crippen molar-refractivity contribution in [2.75, 3.05) is 68.8 Å². The number of morpholine rings is 1. The van der Waals surface area contributed by atoms with E-state index in [0.717, 1.165) is 70.7 Å². The zero-order valence-corrected chi connectivity index (χ0v) is 18.3. The number of nitrogens with one attached hydrogen (secondary N) is 1. The fourth-order valence-corrected chi connectivity index (χ4v) is 4.17. The maximum absolute atomic E-state index is 13.2. The monoisotopic (exact) mass is 425 g/mol. The summed E-state index contributed by atoms with van der Waals surface area (Å²) in [6.07, 6.45) is 0. The number of ether oxygens (including phenoxy) is 1. The van der Waals surface area contributed by atoms with Crippen LogP contribution in [0, 0.1) is 5.82 Å². The highest BCUT2D eigenvalue weighted by molar-refractivity contribution is 5.80. The second kappa shape index (κ2) is 10.5. The van der Waals surface area contributed by atoms with E-state index in [0.29, 0.717) is 6.54 Å². The molecule has 0 aromatic heterocycles. The summed E-state index contributed by atoms with van der Waals surface area (Å²) in [5, 5.41) is 3.46. The Hall–Kier alpha value is -2.80. The predicted molar refractivity (Wildman–Crippen MR) is 124 cm³/mol. The first-order valence-electron chi connectivity index (χ1n) is 11.2. The van der Waals surface area contributed by atoms with Crippen molar-refractivity contribution >= 4 is 17.3 Å². The lowest BCUT2D eigenvalue weighted by Crippen LogP contribution is -2.52. The lowest BCUT2D eigenvalue weighted by Gasteiger charge is -2.37. The van der Waals surface area contributed by atoms with Gasteiger partial charge in [0, 0.05) is 57.2 Å². The van der Waals surface area contributed by atoms with Crippen LogP contribution in [0.4, 0.5) is 15.8 Å². The maximum atomic E-state index is 13.2. The van der Waals surface area contributed by atoms with Crippen molar-refractivity contribution in [1.82, 2.24) is 10.2 Å². The molecular formula is C24H32FN5O. The minimum absolute atomic E-state index is 0.193. The van der Waals surface area contributed by atoms with Crippen molar-refractivity contribution in [2.45, 2.75) is 13.5 Å². The molecule has 0 atom stereocenters. The topological polar surface area (TPSA) is 43.3 Å². The summed E-state index contributed by atoms with van der Waals surface area (Å²) >= 11 is 0. The minimum atomic E-state index is -0.193. The summed E-state index contributed by atoms with van der Waals surface area (Å²) < 4.78 is 18.7. The Balaban J connectivity index is 1.42. The zero-order valence-electron chi connectivity index (χ0n) is 18.3. The van der Waals surface area contributed by atoms with E-state index in [2.05, 4.69) is 51.2 Å². The third kappa shape index (κ3) is 5.47. The van der Waals surface area contributed by atoms with Crippen molar-refractivity contribution in [2.24, 2.45) is 4.99 Å². The number of para-hydroxylation sites is 1. The Morgan fingerprint density at radius 3 is 2.35 bits per heavy atom. The molecule has 1 N–H and O–H groups in total. The minimum Gasteiger partial charge on any atom is -0.378 e. The van der Waals surface area contributed by atoms with Gasteiger partial charge in [-0.15, -0.1) is 0 Å². The fourth-order valence-electron chi connectivity index (χ4n) is 4.17. The normalized spacial score (nSPS) is 17.7. The van der Waals surface area contributed by atoms with Gasteiger partial charge in [0.1, 0.15) is 5.82 Å². The molecule has 2 fully saturated rings. The molecule has 2 aliphatic rings. The van der Waals surface area contributed by atoms with Crippen molar-refractivity contribution in [3.63, 3.8) is 0 Å². The van der Waals surface area contributed by atoms with Gasteiger partial charge < -0.3 is 24.8 Å². The zero-order chi connectivity index (χ0) is 21.5. The van der Waals surface area contributed by atoms with Crippen molar-refractivity contribution < 1.29 is 9.13 Å². The van der Waals surface area contributed by atoms with E-state index in [-0.39, 0.29) is 5.82 Å². The van der Waals surface area contributed by atoms with Gasteiger partial charge in [0.05, 0.1) is 19.8 Å². The molecule has 4 rings (SSSR count). The molecule has 0 bridgehead atoms. The van der Waals surface area contributed by atoms with Crippen LogP contribution in [0.5, 0.6) is 0 Å². The van der Waals surface area contributed by atoms with Crippen molar-refractivity contribution in [1.29, 1.82) is 0 Å². The highest BCUT2D eigenvalue weighted by atomic mass is 19.1. The van der Waals surface area contributed by atoms with Crippen LogP contribution >= 0.6 is 0 Å². The average molecular weight is 426 g/mol. The van der Waals surface area contributed by atoms with Crippen LogP contribution in [0.1, 0.15) is 12.5 Å². The largest absolute Gasteiger partial charge is 0.378 e. The number of piperazine rings is 1. The molecule has 31 heavy (non-hydrogen) atoms. The molecule has 0 unspecified atom stereocenters. The number of aliphatic imine (C=N–C) groups is 1. The van der Waals surface area contributed by atoms with Crippen LogP contribution in [-0.4, -0.2) is 69.9 Å². The van der Waals surface area contributed by atoms with Crippen LogP contribution in [-0.2, 0) is 11.3 Å². The number of guanidine groups is 1. The fraction of sp³-hybridized carbons (Fsp3) is 0.458. The average Bonchev–Trinajstić information content (AvgIpc) is 2.83. The number of rotatable bonds is 5. The van der Waals surface area contributed by atoms with E-state index >= 15 is 0 Å². The van der Waals surface area contributed by atoms with Gasteiger partial charge >= 0.3 is 0 Å². The van der Waals surface area contributed by atoms with Gasteiger partial charge in [-0.2, -0.15) is 0 Å². The summed E-state index contributed by atoms with van der Waals surface area (Å²) in [6.45, 7) is 10.5. The van der Waals surface area contributed by atoms with Crippen LogP contribution in [0.3, 0.4) is 0 Å². The van der Waals surface area contributed by atoms with Gasteiger partial charge in [-0.1, -0.05) is 18.2 Å². The van der Waals surface area contributed by atoms with E-state index in [1.807, 2.05) is 12.1 Å². The molecule has 0 amide bonds. The molecule has 7 heteroatoms. The Bertz CT molecular complexity index is 859. The Morgan fingerprint density at radius 1 is 0.935 bits per heavy atom. The number of anilines is 2. The molecule has 2 aromatic rings. The van der Waals surface area contributed by atoms with Gasteiger partial charge in [-0.3, -0.25) is 0 Å². The first-order chi connectivity index (χ1) is 15.2. The molecule has 0 aliphatic carbocycles. The molecule has 0 spiro atoms. The number of hydrogen-bond donors (Lipinski definition) is 1. The quantitative estimate of drug-likeness (QED) is 0.589. The number of nitrogens with zero attached hydrogens (tertiary/aromatic N) is 4. The van der Waals surface area contributed by atoms with Crippen molar-refractivity contribution in [3.05, 3.63) is 59.9 Å². The van der Waals surface area contributed by atoms with E-state index in [4.69, 9.17) is 9.73 Å². The highest BCUT2D eigenvalue weighted by Crippen LogP contribution is 2.22. The SMILES string of the molecule is CCNC(=NCc1ccccc1N1CCOCC1)N1CCN(c2ccc(F)cc2)CC1. The van der Waals surface area contributed by atoms with E-state index < -0.39 is 0 Å². The summed E-state index contributed by atoms with van der Waals surface area (Å²) in [4.78, 5) is 12.0. The summed E-state index contributed by atoms with van der Waals surface area (Å²) in [5.74, 6) is 0.763. The third-order valence-corrected chi connectivity index (χ3v) is 5.85. The van der Waals surface area contributed by atoms with Gasteiger partial charge in [-0.25, -0.2) is 9.38 Å². The molecule has 0 radical (unpaired) electrons. The van der Waals surface area contributed by atoms with Gasteiger partial charge in [0.2, 0.25) is 0 Å². The van der Waals surface area contributed by atoms with E-state index in [9.17, 15) is 4.39 Å². The third-order valence-electron chi connectivity index (χ3n) is 5.85. The smallest absolute Gasteiger partial charge is 0.194 e. The maximum Gasteiger partial charge on any atom is 0.194 e. The molecule has 2 aromatic carbocycles. The van der Waals surface area contributed by atoms with Crippen LogP contribution in [0.2, 0.25) is 0 Å². The lowest BCUT2D eigenvalue weighted by atomic mass is 10.1. The van der Waals surface area contributed by atoms with Crippen LogP contribution < -0.4 is 15.1 Å². The first kappa shape index (κ1) is 21.4. The van der Waals surface area contributed by atoms with E-state index in [1.54, 1.807) is 0 Å². The first-order valence-corrected chi connectivity index (χ1v) is 11.2. The Labute approximate surface area is 184 Å². The summed E-state index contributed by atoms with van der Waals surface area (Å²) in [5.41, 5.74) is 3.57. The highest BCUT2D eigenvalue weighted by Gasteiger charge is 2.20. The van der Waals surface area contributed by atoms with Gasteiger partial charge in [0.25, 0.3) is 0 Å².